The van der Waals surface area contributed by atoms with Crippen molar-refractivity contribution in [3.63, 3.8) is 0 Å². The molecule has 0 aromatic carbocycles. The minimum atomic E-state index is 0.265. The first-order valence-corrected chi connectivity index (χ1v) is 5.93. The van der Waals surface area contributed by atoms with Crippen molar-refractivity contribution in [3.8, 4) is 0 Å². The van der Waals surface area contributed by atoms with Gasteiger partial charge in [0.25, 0.3) is 0 Å². The number of rotatable bonds is 0. The Morgan fingerprint density at radius 1 is 1.00 bits per heavy atom. The Kier molecular flexibility index (Phi) is 1.59. The molecule has 0 saturated heterocycles. The predicted molar refractivity (Wildman–Crippen MR) is 54.3 cm³/mol. The summed E-state index contributed by atoms with van der Waals surface area (Å²) in [6, 6.07) is 0. The third-order valence-electron chi connectivity index (χ3n) is 4.87. The summed E-state index contributed by atoms with van der Waals surface area (Å²) in [6.07, 6.45) is 8.48. The maximum atomic E-state index is 6.48. The monoisotopic (exact) mass is 179 g/mol. The molecule has 0 aliphatic heterocycles. The van der Waals surface area contributed by atoms with E-state index in [1.165, 1.54) is 38.5 Å². The fourth-order valence-electron chi connectivity index (χ4n) is 4.58. The van der Waals surface area contributed by atoms with Gasteiger partial charge in [-0.15, -0.1) is 0 Å². The second kappa shape index (κ2) is 2.50. The number of fused-ring (bicyclic) bond motifs is 1. The van der Waals surface area contributed by atoms with Gasteiger partial charge in [0.15, 0.2) is 0 Å². The summed E-state index contributed by atoms with van der Waals surface area (Å²) in [7, 11) is 0. The van der Waals surface area contributed by atoms with Crippen LogP contribution in [0.2, 0.25) is 0 Å². The molecule has 74 valence electrons. The van der Waals surface area contributed by atoms with Gasteiger partial charge in [-0.2, -0.15) is 0 Å². The molecule has 4 rings (SSSR count). The van der Waals surface area contributed by atoms with Crippen molar-refractivity contribution in [2.45, 2.75) is 51.0 Å². The molecule has 0 amide bonds. The molecular weight excluding hydrogens is 158 g/mol. The maximum Gasteiger partial charge on any atom is 0.0162 e. The van der Waals surface area contributed by atoms with E-state index in [-0.39, 0.29) is 5.54 Å². The molecule has 0 heterocycles. The fourth-order valence-corrected chi connectivity index (χ4v) is 4.58. The first-order valence-electron chi connectivity index (χ1n) is 5.93. The lowest BCUT2D eigenvalue weighted by Gasteiger charge is -2.46. The van der Waals surface area contributed by atoms with E-state index in [0.717, 1.165) is 23.7 Å². The second-order valence-electron chi connectivity index (χ2n) is 6.15. The SMILES string of the molecule is CC1CC2CC3CC1CC(N)(C2)C3. The van der Waals surface area contributed by atoms with Crippen LogP contribution in [0, 0.1) is 23.7 Å². The van der Waals surface area contributed by atoms with E-state index in [9.17, 15) is 0 Å². The lowest BCUT2D eigenvalue weighted by Crippen LogP contribution is -2.50. The molecule has 0 aromatic heterocycles. The lowest BCUT2D eigenvalue weighted by molar-refractivity contribution is 0.0984. The first kappa shape index (κ1) is 8.28. The van der Waals surface area contributed by atoms with Gasteiger partial charge in [-0.3, -0.25) is 0 Å². The normalized spacial score (nSPS) is 59.5. The molecule has 4 fully saturated rings. The van der Waals surface area contributed by atoms with Gasteiger partial charge >= 0.3 is 0 Å². The van der Waals surface area contributed by atoms with E-state index in [1.807, 2.05) is 0 Å². The average molecular weight is 179 g/mol. The quantitative estimate of drug-likeness (QED) is 0.607. The van der Waals surface area contributed by atoms with Crippen LogP contribution < -0.4 is 5.73 Å². The van der Waals surface area contributed by atoms with Crippen molar-refractivity contribution < 1.29 is 0 Å². The van der Waals surface area contributed by atoms with Crippen molar-refractivity contribution in [2.24, 2.45) is 29.4 Å². The van der Waals surface area contributed by atoms with Gasteiger partial charge in [0.1, 0.15) is 0 Å². The van der Waals surface area contributed by atoms with Gasteiger partial charge in [-0.1, -0.05) is 6.92 Å². The standard InChI is InChI=1S/C12H21N/c1-8-2-9-3-10-4-11(8)7-12(13,5-9)6-10/h8-11H,2-7,13H2,1H3. The number of nitrogens with two attached hydrogens (primary N) is 1. The van der Waals surface area contributed by atoms with Gasteiger partial charge in [-0.25, -0.2) is 0 Å². The largest absolute Gasteiger partial charge is 0.325 e. The van der Waals surface area contributed by atoms with Crippen molar-refractivity contribution in [1.29, 1.82) is 0 Å². The Morgan fingerprint density at radius 2 is 1.69 bits per heavy atom. The van der Waals surface area contributed by atoms with Crippen molar-refractivity contribution in [1.82, 2.24) is 0 Å². The Bertz CT molecular complexity index is 225. The van der Waals surface area contributed by atoms with Crippen LogP contribution in [-0.2, 0) is 0 Å². The van der Waals surface area contributed by atoms with Crippen LogP contribution in [0.1, 0.15) is 45.4 Å². The topological polar surface area (TPSA) is 26.0 Å². The molecule has 5 atom stereocenters. The number of hydrogen-bond donors (Lipinski definition) is 1. The zero-order chi connectivity index (χ0) is 9.05. The highest BCUT2D eigenvalue weighted by Gasteiger charge is 2.48. The Hall–Kier alpha value is -0.0400. The second-order valence-corrected chi connectivity index (χ2v) is 6.15. The van der Waals surface area contributed by atoms with Crippen molar-refractivity contribution >= 4 is 0 Å². The van der Waals surface area contributed by atoms with Crippen LogP contribution in [0.15, 0.2) is 0 Å². The molecule has 4 aliphatic rings. The van der Waals surface area contributed by atoms with Crippen LogP contribution in [0.5, 0.6) is 0 Å². The summed E-state index contributed by atoms with van der Waals surface area (Å²) in [5.74, 6) is 3.90. The molecule has 1 nitrogen and oxygen atoms in total. The molecule has 0 radical (unpaired) electrons. The molecule has 4 bridgehead atoms. The van der Waals surface area contributed by atoms with Crippen molar-refractivity contribution in [3.05, 3.63) is 0 Å². The summed E-state index contributed by atoms with van der Waals surface area (Å²) >= 11 is 0. The maximum absolute atomic E-state index is 6.48. The van der Waals surface area contributed by atoms with Gasteiger partial charge in [0, 0.05) is 5.54 Å². The molecule has 2 N–H and O–H groups in total. The van der Waals surface area contributed by atoms with E-state index in [2.05, 4.69) is 6.92 Å². The zero-order valence-corrected chi connectivity index (χ0v) is 8.63. The number of hydrogen-bond acceptors (Lipinski definition) is 1. The minimum absolute atomic E-state index is 0.265. The summed E-state index contributed by atoms with van der Waals surface area (Å²) in [6.45, 7) is 2.46. The summed E-state index contributed by atoms with van der Waals surface area (Å²) in [5.41, 5.74) is 6.75. The van der Waals surface area contributed by atoms with Gasteiger partial charge in [-0.05, 0) is 62.2 Å². The summed E-state index contributed by atoms with van der Waals surface area (Å²) < 4.78 is 0. The molecule has 1 heteroatoms. The summed E-state index contributed by atoms with van der Waals surface area (Å²) in [4.78, 5) is 0. The average Bonchev–Trinajstić information content (AvgIpc) is 2.12. The Morgan fingerprint density at radius 3 is 2.38 bits per heavy atom. The van der Waals surface area contributed by atoms with Gasteiger partial charge in [0.2, 0.25) is 0 Å². The minimum Gasteiger partial charge on any atom is -0.325 e. The lowest BCUT2D eigenvalue weighted by atomic mass is 9.63. The van der Waals surface area contributed by atoms with Crippen molar-refractivity contribution in [2.75, 3.05) is 0 Å². The molecule has 13 heavy (non-hydrogen) atoms. The highest BCUT2D eigenvalue weighted by atomic mass is 14.8. The van der Waals surface area contributed by atoms with Crippen LogP contribution in [0.25, 0.3) is 0 Å². The highest BCUT2D eigenvalue weighted by molar-refractivity contribution is 5.03. The predicted octanol–water partition coefficient (Wildman–Crippen LogP) is 2.55. The van der Waals surface area contributed by atoms with E-state index >= 15 is 0 Å². The van der Waals surface area contributed by atoms with E-state index < -0.39 is 0 Å². The first-order chi connectivity index (χ1) is 6.15. The Labute approximate surface area is 81.1 Å². The molecule has 4 saturated carbocycles. The summed E-state index contributed by atoms with van der Waals surface area (Å²) in [5, 5.41) is 0. The molecule has 0 aromatic rings. The van der Waals surface area contributed by atoms with E-state index in [4.69, 9.17) is 5.73 Å². The van der Waals surface area contributed by atoms with Crippen LogP contribution in [0.3, 0.4) is 0 Å². The molecular formula is C12H21N. The van der Waals surface area contributed by atoms with E-state index in [1.54, 1.807) is 0 Å². The van der Waals surface area contributed by atoms with E-state index in [0.29, 0.717) is 0 Å². The Balaban J connectivity index is 1.95. The molecule has 0 spiro atoms. The van der Waals surface area contributed by atoms with Crippen LogP contribution in [-0.4, -0.2) is 5.54 Å². The van der Waals surface area contributed by atoms with Gasteiger partial charge in [0.05, 0.1) is 0 Å². The van der Waals surface area contributed by atoms with Crippen LogP contribution >= 0.6 is 0 Å². The highest BCUT2D eigenvalue weighted by Crippen LogP contribution is 2.53. The third-order valence-corrected chi connectivity index (χ3v) is 4.87. The zero-order valence-electron chi connectivity index (χ0n) is 8.63. The molecule has 4 aliphatic carbocycles. The molecule has 5 unspecified atom stereocenters. The van der Waals surface area contributed by atoms with Crippen LogP contribution in [0.4, 0.5) is 0 Å². The van der Waals surface area contributed by atoms with Gasteiger partial charge < -0.3 is 5.73 Å². The fraction of sp³-hybridized carbons (Fsp3) is 1.00. The smallest absolute Gasteiger partial charge is 0.0162 e. The third kappa shape index (κ3) is 1.24.